The predicted octanol–water partition coefficient (Wildman–Crippen LogP) is 4.07. The summed E-state index contributed by atoms with van der Waals surface area (Å²) < 4.78 is 12.0. The van der Waals surface area contributed by atoms with Gasteiger partial charge in [0.25, 0.3) is 5.91 Å². The van der Waals surface area contributed by atoms with Gasteiger partial charge >= 0.3 is 5.97 Å². The number of rotatable bonds is 12. The van der Waals surface area contributed by atoms with Crippen molar-refractivity contribution in [2.45, 2.75) is 70.2 Å². The molecule has 2 unspecified atom stereocenters. The van der Waals surface area contributed by atoms with Crippen molar-refractivity contribution in [3.05, 3.63) is 54.1 Å². The summed E-state index contributed by atoms with van der Waals surface area (Å²) in [6.45, 7) is 13.3. The molecular weight excluding hydrogens is 520 g/mol. The number of para-hydroxylation sites is 1. The molecule has 2 bridgehead atoms. The summed E-state index contributed by atoms with van der Waals surface area (Å²) in [5.74, 6) is -3.02. The fourth-order valence-electron chi connectivity index (χ4n) is 6.68. The molecule has 0 radical (unpaired) electrons. The van der Waals surface area contributed by atoms with Crippen LogP contribution in [0.2, 0.25) is 5.02 Å². The van der Waals surface area contributed by atoms with Gasteiger partial charge in [0, 0.05) is 6.54 Å². The van der Waals surface area contributed by atoms with Crippen molar-refractivity contribution in [1.82, 2.24) is 4.90 Å². The first-order valence-corrected chi connectivity index (χ1v) is 14.1. The number of fused-ring (bicyclic) bond motifs is 1. The summed E-state index contributed by atoms with van der Waals surface area (Å²) in [5, 5.41) is 10.9. The van der Waals surface area contributed by atoms with Gasteiger partial charge in [-0.2, -0.15) is 0 Å². The van der Waals surface area contributed by atoms with Crippen molar-refractivity contribution in [2.75, 3.05) is 24.7 Å². The Kier molecular flexibility index (Phi) is 8.88. The molecule has 0 aliphatic carbocycles. The molecule has 1 aromatic carbocycles. The Morgan fingerprint density at radius 1 is 1.36 bits per heavy atom. The minimum Gasteiger partial charge on any atom is -0.465 e. The number of nitrogens with zero attached hydrogens (tertiary/aromatic N) is 2. The van der Waals surface area contributed by atoms with Gasteiger partial charge in [-0.05, 0) is 43.7 Å². The Labute approximate surface area is 235 Å². The monoisotopic (exact) mass is 558 g/mol. The average molecular weight is 559 g/mol. The van der Waals surface area contributed by atoms with Crippen molar-refractivity contribution < 1.29 is 29.0 Å². The van der Waals surface area contributed by atoms with E-state index in [0.29, 0.717) is 36.4 Å². The molecule has 0 saturated carbocycles. The van der Waals surface area contributed by atoms with Crippen LogP contribution in [0, 0.1) is 24.7 Å². The minimum absolute atomic E-state index is 0.102. The molecule has 1 spiro atoms. The highest BCUT2D eigenvalue weighted by Crippen LogP contribution is 2.59. The van der Waals surface area contributed by atoms with Crippen LogP contribution >= 0.6 is 11.6 Å². The summed E-state index contributed by atoms with van der Waals surface area (Å²) in [6, 6.07) is 3.72. The van der Waals surface area contributed by atoms with Crippen LogP contribution in [0.1, 0.15) is 45.1 Å². The topological polar surface area (TPSA) is 96.4 Å². The van der Waals surface area contributed by atoms with E-state index in [1.165, 1.54) is 4.90 Å². The van der Waals surface area contributed by atoms with Crippen LogP contribution in [0.3, 0.4) is 0 Å². The number of likely N-dealkylation sites (tertiary alicyclic amines) is 1. The van der Waals surface area contributed by atoms with Gasteiger partial charge in [-0.15, -0.1) is 13.2 Å². The molecule has 2 amide bonds. The van der Waals surface area contributed by atoms with E-state index < -0.39 is 41.6 Å². The first kappa shape index (κ1) is 29.3. The molecule has 39 heavy (non-hydrogen) atoms. The number of esters is 1. The zero-order valence-corrected chi connectivity index (χ0v) is 23.7. The van der Waals surface area contributed by atoms with Crippen molar-refractivity contribution in [1.29, 1.82) is 0 Å². The lowest BCUT2D eigenvalue weighted by Crippen LogP contribution is -2.60. The highest BCUT2D eigenvalue weighted by atomic mass is 35.5. The minimum atomic E-state index is -1.21. The second-order valence-corrected chi connectivity index (χ2v) is 11.2. The molecule has 3 aliphatic heterocycles. The van der Waals surface area contributed by atoms with Gasteiger partial charge in [-0.25, -0.2) is 0 Å². The van der Waals surface area contributed by atoms with E-state index in [0.717, 1.165) is 5.56 Å². The van der Waals surface area contributed by atoms with Crippen molar-refractivity contribution in [3.8, 4) is 0 Å². The maximum atomic E-state index is 14.7. The summed E-state index contributed by atoms with van der Waals surface area (Å²) >= 11 is 6.60. The molecule has 7 atom stereocenters. The Morgan fingerprint density at radius 2 is 2.10 bits per heavy atom. The van der Waals surface area contributed by atoms with Crippen molar-refractivity contribution in [3.63, 3.8) is 0 Å². The molecule has 3 saturated heterocycles. The van der Waals surface area contributed by atoms with Crippen LogP contribution in [0.15, 0.2) is 43.5 Å². The third-order valence-corrected chi connectivity index (χ3v) is 9.00. The maximum Gasteiger partial charge on any atom is 0.312 e. The lowest BCUT2D eigenvalue weighted by atomic mass is 9.70. The van der Waals surface area contributed by atoms with Crippen LogP contribution in [0.25, 0.3) is 0 Å². The first-order chi connectivity index (χ1) is 18.7. The molecule has 212 valence electrons. The molecular formula is C30H39ClN2O6. The second-order valence-electron chi connectivity index (χ2n) is 10.8. The van der Waals surface area contributed by atoms with Gasteiger partial charge < -0.3 is 24.4 Å². The van der Waals surface area contributed by atoms with Crippen molar-refractivity contribution in [2.24, 2.45) is 17.8 Å². The van der Waals surface area contributed by atoms with Gasteiger partial charge in [0.05, 0.1) is 47.9 Å². The number of carbonyl (C=O) groups is 3. The average Bonchev–Trinajstić information content (AvgIpc) is 3.56. The third kappa shape index (κ3) is 4.81. The van der Waals surface area contributed by atoms with E-state index in [9.17, 15) is 19.5 Å². The number of ether oxygens (including phenoxy) is 2. The zero-order valence-electron chi connectivity index (χ0n) is 23.0. The molecule has 4 rings (SSSR count). The van der Waals surface area contributed by atoms with E-state index in [-0.39, 0.29) is 37.5 Å². The number of benzene rings is 1. The molecule has 3 aliphatic rings. The Balaban J connectivity index is 1.83. The standard InChI is InChI=1S/C30H39ClN2O6/c1-6-9-16-38-29(37)23-22-13-14-30(39-22)24(23)27(35)33(21(17-34)18(4)8-3)26(30)28(36)32(15-7-2)25-19(5)11-10-12-20(25)31/h6-7,10-12,18,21-24,26,34H,1-2,8-9,13-17H2,3-5H3/t18-,21-,22+,23-,24-,26?,30?/m0/s1. The van der Waals surface area contributed by atoms with Crippen LogP contribution in [-0.4, -0.2) is 71.3 Å². The fourth-order valence-corrected chi connectivity index (χ4v) is 7.01. The van der Waals surface area contributed by atoms with Gasteiger partial charge in [-0.1, -0.05) is 56.2 Å². The van der Waals surface area contributed by atoms with E-state index in [4.69, 9.17) is 21.1 Å². The maximum absolute atomic E-state index is 14.7. The van der Waals surface area contributed by atoms with E-state index in [1.54, 1.807) is 23.1 Å². The van der Waals surface area contributed by atoms with Crippen molar-refractivity contribution >= 4 is 35.1 Å². The molecule has 0 aromatic heterocycles. The molecule has 1 aromatic rings. The summed E-state index contributed by atoms with van der Waals surface area (Å²) in [6.07, 6.45) is 4.91. The number of hydrogen-bond donors (Lipinski definition) is 1. The zero-order chi connectivity index (χ0) is 28.5. The highest BCUT2D eigenvalue weighted by Gasteiger charge is 2.75. The first-order valence-electron chi connectivity index (χ1n) is 13.7. The van der Waals surface area contributed by atoms with E-state index >= 15 is 0 Å². The number of halogens is 1. The molecule has 3 heterocycles. The normalized spacial score (nSPS) is 28.6. The molecule has 3 fully saturated rings. The SMILES string of the molecule is C=CCCOC(=O)[C@@H]1[C@H]2C(=O)N([C@@H](CO)[C@@H](C)CC)C(C(=O)N(CC=C)c3c(C)cccc3Cl)C23CC[C@H]1O3. The number of hydrogen-bond acceptors (Lipinski definition) is 6. The van der Waals surface area contributed by atoms with Crippen LogP contribution in [0.5, 0.6) is 0 Å². The van der Waals surface area contributed by atoms with Gasteiger partial charge in [0.2, 0.25) is 5.91 Å². The number of anilines is 1. The van der Waals surface area contributed by atoms with Crippen LogP contribution in [0.4, 0.5) is 5.69 Å². The fraction of sp³-hybridized carbons (Fsp3) is 0.567. The number of amides is 2. The smallest absolute Gasteiger partial charge is 0.312 e. The Morgan fingerprint density at radius 3 is 2.72 bits per heavy atom. The number of aliphatic hydroxyl groups excluding tert-OH is 1. The molecule has 9 heteroatoms. The van der Waals surface area contributed by atoms with Gasteiger partial charge in [-0.3, -0.25) is 14.4 Å². The Hall–Kier alpha value is -2.68. The van der Waals surface area contributed by atoms with Gasteiger partial charge in [0.1, 0.15) is 11.6 Å². The van der Waals surface area contributed by atoms with Crippen LogP contribution in [-0.2, 0) is 23.9 Å². The van der Waals surface area contributed by atoms with E-state index in [2.05, 4.69) is 13.2 Å². The predicted molar refractivity (Wildman–Crippen MR) is 149 cm³/mol. The quantitative estimate of drug-likeness (QED) is 0.236. The Bertz CT molecular complexity index is 1120. The lowest BCUT2D eigenvalue weighted by Gasteiger charge is -2.41. The number of carbonyl (C=O) groups excluding carboxylic acids is 3. The molecule has 1 N–H and O–H groups in total. The lowest BCUT2D eigenvalue weighted by molar-refractivity contribution is -0.156. The highest BCUT2D eigenvalue weighted by molar-refractivity contribution is 6.34. The number of aliphatic hydroxyl groups is 1. The number of aryl methyl sites for hydroxylation is 1. The van der Waals surface area contributed by atoms with E-state index in [1.807, 2.05) is 32.9 Å². The summed E-state index contributed by atoms with van der Waals surface area (Å²) in [4.78, 5) is 45.3. The summed E-state index contributed by atoms with van der Waals surface area (Å²) in [7, 11) is 0. The molecule has 8 nitrogen and oxygen atoms in total. The van der Waals surface area contributed by atoms with Crippen LogP contribution < -0.4 is 4.90 Å². The third-order valence-electron chi connectivity index (χ3n) is 8.69. The largest absolute Gasteiger partial charge is 0.465 e. The summed E-state index contributed by atoms with van der Waals surface area (Å²) in [5.41, 5.74) is 0.119. The second kappa shape index (κ2) is 11.8. The van der Waals surface area contributed by atoms with Gasteiger partial charge in [0.15, 0.2) is 0 Å².